The minimum absolute atomic E-state index is 0.0373. The minimum Gasteiger partial charge on any atom is -0.378 e. The molecule has 1 amide bonds. The van der Waals surface area contributed by atoms with Crippen molar-refractivity contribution in [2.24, 2.45) is 0 Å². The first-order chi connectivity index (χ1) is 12.9. The summed E-state index contributed by atoms with van der Waals surface area (Å²) < 4.78 is 23.5. The highest BCUT2D eigenvalue weighted by atomic mass is 32.2. The molecular formula is C20H25N3O3S. The quantitative estimate of drug-likeness (QED) is 0.824. The van der Waals surface area contributed by atoms with E-state index < -0.39 is 9.84 Å². The summed E-state index contributed by atoms with van der Waals surface area (Å²) in [6.45, 7) is 4.38. The van der Waals surface area contributed by atoms with Crippen molar-refractivity contribution in [3.63, 3.8) is 0 Å². The zero-order chi connectivity index (χ0) is 19.4. The Morgan fingerprint density at radius 2 is 2.04 bits per heavy atom. The zero-order valence-electron chi connectivity index (χ0n) is 15.6. The van der Waals surface area contributed by atoms with Gasteiger partial charge in [0.15, 0.2) is 9.84 Å². The summed E-state index contributed by atoms with van der Waals surface area (Å²) in [6.07, 6.45) is 2.09. The number of nitrogens with one attached hydrogen (secondary N) is 1. The first-order valence-electron chi connectivity index (χ1n) is 9.18. The van der Waals surface area contributed by atoms with Crippen molar-refractivity contribution in [1.82, 2.24) is 9.88 Å². The molecule has 1 fully saturated rings. The lowest BCUT2D eigenvalue weighted by atomic mass is 10.1. The first kappa shape index (κ1) is 19.4. The summed E-state index contributed by atoms with van der Waals surface area (Å²) >= 11 is 0. The molecule has 0 saturated carbocycles. The van der Waals surface area contributed by atoms with Gasteiger partial charge in [-0.2, -0.15) is 0 Å². The molecule has 2 atom stereocenters. The number of carbonyl (C=O) groups excluding carboxylic acids is 1. The van der Waals surface area contributed by atoms with Crippen molar-refractivity contribution in [1.29, 1.82) is 0 Å². The second-order valence-corrected chi connectivity index (χ2v) is 9.08. The number of rotatable bonds is 6. The van der Waals surface area contributed by atoms with Gasteiger partial charge in [-0.1, -0.05) is 30.3 Å². The number of pyridine rings is 1. The van der Waals surface area contributed by atoms with E-state index in [9.17, 15) is 13.2 Å². The predicted octanol–water partition coefficient (Wildman–Crippen LogP) is 2.90. The van der Waals surface area contributed by atoms with Gasteiger partial charge in [0, 0.05) is 30.5 Å². The second kappa shape index (κ2) is 8.08. The lowest BCUT2D eigenvalue weighted by molar-refractivity contribution is 0.0702. The van der Waals surface area contributed by atoms with Gasteiger partial charge in [-0.3, -0.25) is 9.78 Å². The van der Waals surface area contributed by atoms with Gasteiger partial charge in [-0.05, 0) is 38.0 Å². The van der Waals surface area contributed by atoms with Crippen molar-refractivity contribution in [2.45, 2.75) is 32.4 Å². The molecule has 7 heteroatoms. The van der Waals surface area contributed by atoms with Crippen LogP contribution in [0.3, 0.4) is 0 Å². The van der Waals surface area contributed by atoms with Gasteiger partial charge < -0.3 is 10.2 Å². The highest BCUT2D eigenvalue weighted by Gasteiger charge is 2.34. The monoisotopic (exact) mass is 387 g/mol. The van der Waals surface area contributed by atoms with Crippen molar-refractivity contribution < 1.29 is 13.2 Å². The maximum absolute atomic E-state index is 12.9. The van der Waals surface area contributed by atoms with E-state index >= 15 is 0 Å². The fourth-order valence-corrected chi connectivity index (χ4v) is 5.18. The van der Waals surface area contributed by atoms with Crippen LogP contribution in [0.5, 0.6) is 0 Å². The Labute approximate surface area is 160 Å². The summed E-state index contributed by atoms with van der Waals surface area (Å²) in [5.74, 6) is -0.0451. The molecule has 1 aromatic carbocycles. The molecule has 0 aliphatic carbocycles. The average Bonchev–Trinajstić information content (AvgIpc) is 3.02. The number of hydrogen-bond donors (Lipinski definition) is 1. The standard InChI is InChI=1S/C20H25N3O3S/c1-3-23(18-10-12-27(25,26)14-18)20(24)19-13-17(9-11-21-19)22-15(2)16-7-5-4-6-8-16/h4-9,11,13,15,18H,3,10,12,14H2,1-2H3,(H,21,22). The van der Waals surface area contributed by atoms with Gasteiger partial charge in [-0.25, -0.2) is 8.42 Å². The maximum atomic E-state index is 12.9. The minimum atomic E-state index is -3.05. The first-order valence-corrected chi connectivity index (χ1v) is 11.0. The Kier molecular flexibility index (Phi) is 5.79. The van der Waals surface area contributed by atoms with Crippen LogP contribution in [0, 0.1) is 0 Å². The summed E-state index contributed by atoms with van der Waals surface area (Å²) in [5.41, 5.74) is 2.28. The van der Waals surface area contributed by atoms with Gasteiger partial charge in [-0.15, -0.1) is 0 Å². The van der Waals surface area contributed by atoms with Gasteiger partial charge in [0.1, 0.15) is 5.69 Å². The Bertz CT molecular complexity index is 900. The highest BCUT2D eigenvalue weighted by molar-refractivity contribution is 7.91. The summed E-state index contributed by atoms with van der Waals surface area (Å²) in [4.78, 5) is 18.8. The third-order valence-corrected chi connectivity index (χ3v) is 6.66. The van der Waals surface area contributed by atoms with E-state index in [1.165, 1.54) is 0 Å². The molecular weight excluding hydrogens is 362 g/mol. The van der Waals surface area contributed by atoms with Crippen molar-refractivity contribution >= 4 is 21.4 Å². The van der Waals surface area contributed by atoms with E-state index in [0.29, 0.717) is 18.7 Å². The summed E-state index contributed by atoms with van der Waals surface area (Å²) in [6, 6.07) is 13.4. The molecule has 1 aromatic heterocycles. The Morgan fingerprint density at radius 1 is 1.30 bits per heavy atom. The van der Waals surface area contributed by atoms with Crippen LogP contribution in [0.15, 0.2) is 48.7 Å². The van der Waals surface area contributed by atoms with Crippen LogP contribution in [0.25, 0.3) is 0 Å². The maximum Gasteiger partial charge on any atom is 0.272 e. The molecule has 1 saturated heterocycles. The van der Waals surface area contributed by atoms with E-state index in [1.807, 2.05) is 43.3 Å². The molecule has 27 heavy (non-hydrogen) atoms. The van der Waals surface area contributed by atoms with E-state index in [2.05, 4.69) is 17.2 Å². The third-order valence-electron chi connectivity index (χ3n) is 4.91. The Hall–Kier alpha value is -2.41. The van der Waals surface area contributed by atoms with Crippen molar-refractivity contribution in [2.75, 3.05) is 23.4 Å². The topological polar surface area (TPSA) is 79.4 Å². The molecule has 6 nitrogen and oxygen atoms in total. The molecule has 0 bridgehead atoms. The summed E-state index contributed by atoms with van der Waals surface area (Å²) in [7, 11) is -3.05. The Balaban J connectivity index is 1.75. The van der Waals surface area contributed by atoms with Crippen LogP contribution in [0.2, 0.25) is 0 Å². The van der Waals surface area contributed by atoms with Crippen molar-refractivity contribution in [3.8, 4) is 0 Å². The van der Waals surface area contributed by atoms with Crippen LogP contribution in [-0.4, -0.2) is 48.3 Å². The number of anilines is 1. The molecule has 2 heterocycles. The van der Waals surface area contributed by atoms with Gasteiger partial charge in [0.05, 0.1) is 11.5 Å². The van der Waals surface area contributed by atoms with Gasteiger partial charge >= 0.3 is 0 Å². The largest absolute Gasteiger partial charge is 0.378 e. The number of sulfone groups is 1. The van der Waals surface area contributed by atoms with Crippen LogP contribution >= 0.6 is 0 Å². The molecule has 1 aliphatic rings. The predicted molar refractivity (Wildman–Crippen MR) is 106 cm³/mol. The normalized spacial score (nSPS) is 19.4. The van der Waals surface area contributed by atoms with Crippen LogP contribution < -0.4 is 5.32 Å². The third kappa shape index (κ3) is 4.66. The molecule has 2 aromatic rings. The van der Waals surface area contributed by atoms with E-state index in [4.69, 9.17) is 0 Å². The average molecular weight is 388 g/mol. The van der Waals surface area contributed by atoms with Crippen LogP contribution in [0.4, 0.5) is 5.69 Å². The number of aromatic nitrogens is 1. The summed E-state index contributed by atoms with van der Waals surface area (Å²) in [5, 5.41) is 3.39. The number of carbonyl (C=O) groups is 1. The SMILES string of the molecule is CCN(C(=O)c1cc(NC(C)c2ccccc2)ccn1)C1CCS(=O)(=O)C1. The lowest BCUT2D eigenvalue weighted by Gasteiger charge is -2.26. The van der Waals surface area contributed by atoms with Crippen LogP contribution in [0.1, 0.15) is 42.4 Å². The molecule has 1 aliphatic heterocycles. The number of amides is 1. The van der Waals surface area contributed by atoms with E-state index in [1.54, 1.807) is 17.2 Å². The number of benzene rings is 1. The van der Waals surface area contributed by atoms with Crippen molar-refractivity contribution in [3.05, 3.63) is 59.9 Å². The zero-order valence-corrected chi connectivity index (χ0v) is 16.4. The molecule has 0 spiro atoms. The number of hydrogen-bond acceptors (Lipinski definition) is 5. The van der Waals surface area contributed by atoms with Crippen LogP contribution in [-0.2, 0) is 9.84 Å². The fourth-order valence-electron chi connectivity index (χ4n) is 3.45. The molecule has 1 N–H and O–H groups in total. The van der Waals surface area contributed by atoms with E-state index in [-0.39, 0.29) is 29.5 Å². The molecule has 3 rings (SSSR count). The Morgan fingerprint density at radius 3 is 2.67 bits per heavy atom. The molecule has 144 valence electrons. The van der Waals surface area contributed by atoms with Gasteiger partial charge in [0.25, 0.3) is 5.91 Å². The number of nitrogens with zero attached hydrogens (tertiary/aromatic N) is 2. The molecule has 2 unspecified atom stereocenters. The smallest absolute Gasteiger partial charge is 0.272 e. The second-order valence-electron chi connectivity index (χ2n) is 6.85. The fraction of sp³-hybridized carbons (Fsp3) is 0.400. The molecule has 0 radical (unpaired) electrons. The highest BCUT2D eigenvalue weighted by Crippen LogP contribution is 2.22. The van der Waals surface area contributed by atoms with Gasteiger partial charge in [0.2, 0.25) is 0 Å². The lowest BCUT2D eigenvalue weighted by Crippen LogP contribution is -2.41. The van der Waals surface area contributed by atoms with E-state index in [0.717, 1.165) is 11.3 Å².